The van der Waals surface area contributed by atoms with Crippen LogP contribution in [0.5, 0.6) is 0 Å². The van der Waals surface area contributed by atoms with Crippen molar-refractivity contribution in [3.05, 3.63) is 0 Å². The highest BCUT2D eigenvalue weighted by Crippen LogP contribution is 2.29. The lowest BCUT2D eigenvalue weighted by molar-refractivity contribution is 0.0814. The summed E-state index contributed by atoms with van der Waals surface area (Å²) in [6.45, 7) is 11.2. The van der Waals surface area contributed by atoms with Gasteiger partial charge in [-0.3, -0.25) is 0 Å². The second-order valence-electron chi connectivity index (χ2n) is 6.13. The van der Waals surface area contributed by atoms with Crippen LogP contribution in [0.15, 0.2) is 0 Å². The standard InChI is InChI=1S/C13H26N2O/c1-11-13(3,6-8-16-11)15-10-12(2)5-4-7-14-9-12/h11,14-15H,4-10H2,1-3H3. The van der Waals surface area contributed by atoms with Crippen LogP contribution in [0.3, 0.4) is 0 Å². The van der Waals surface area contributed by atoms with Crippen molar-refractivity contribution in [3.63, 3.8) is 0 Å². The number of nitrogens with one attached hydrogen (secondary N) is 2. The predicted molar refractivity (Wildman–Crippen MR) is 66.6 cm³/mol. The van der Waals surface area contributed by atoms with E-state index < -0.39 is 0 Å². The molecule has 3 nitrogen and oxygen atoms in total. The molecule has 16 heavy (non-hydrogen) atoms. The lowest BCUT2D eigenvalue weighted by atomic mass is 9.81. The summed E-state index contributed by atoms with van der Waals surface area (Å²) < 4.78 is 5.66. The third kappa shape index (κ3) is 2.58. The monoisotopic (exact) mass is 226 g/mol. The second-order valence-corrected chi connectivity index (χ2v) is 6.13. The molecular weight excluding hydrogens is 200 g/mol. The van der Waals surface area contributed by atoms with Gasteiger partial charge in [0.25, 0.3) is 0 Å². The molecule has 2 rings (SSSR count). The molecule has 2 aliphatic heterocycles. The van der Waals surface area contributed by atoms with E-state index in [1.807, 2.05) is 0 Å². The van der Waals surface area contributed by atoms with Crippen molar-refractivity contribution in [2.45, 2.75) is 51.7 Å². The van der Waals surface area contributed by atoms with E-state index in [0.717, 1.165) is 26.1 Å². The molecule has 2 heterocycles. The van der Waals surface area contributed by atoms with E-state index in [4.69, 9.17) is 4.74 Å². The minimum atomic E-state index is 0.181. The van der Waals surface area contributed by atoms with Gasteiger partial charge in [-0.05, 0) is 45.1 Å². The molecule has 0 aliphatic carbocycles. The molecule has 3 atom stereocenters. The predicted octanol–water partition coefficient (Wildman–Crippen LogP) is 1.53. The van der Waals surface area contributed by atoms with Crippen molar-refractivity contribution < 1.29 is 4.74 Å². The van der Waals surface area contributed by atoms with Gasteiger partial charge in [-0.25, -0.2) is 0 Å². The van der Waals surface area contributed by atoms with Gasteiger partial charge in [0, 0.05) is 25.2 Å². The third-order valence-electron chi connectivity index (χ3n) is 4.49. The summed E-state index contributed by atoms with van der Waals surface area (Å²) in [6.07, 6.45) is 4.12. The second kappa shape index (κ2) is 4.63. The molecule has 0 saturated carbocycles. The maximum absolute atomic E-state index is 5.66. The van der Waals surface area contributed by atoms with Gasteiger partial charge in [-0.2, -0.15) is 0 Å². The molecule has 0 bridgehead atoms. The van der Waals surface area contributed by atoms with E-state index in [9.17, 15) is 0 Å². The molecule has 0 amide bonds. The van der Waals surface area contributed by atoms with Crippen LogP contribution in [0, 0.1) is 5.41 Å². The van der Waals surface area contributed by atoms with E-state index in [2.05, 4.69) is 31.4 Å². The third-order valence-corrected chi connectivity index (χ3v) is 4.49. The summed E-state index contributed by atoms with van der Waals surface area (Å²) in [5.41, 5.74) is 0.601. The summed E-state index contributed by atoms with van der Waals surface area (Å²) in [6, 6.07) is 0. The van der Waals surface area contributed by atoms with Crippen LogP contribution in [-0.2, 0) is 4.74 Å². The lowest BCUT2D eigenvalue weighted by Crippen LogP contribution is -2.54. The maximum Gasteiger partial charge on any atom is 0.0726 e. The van der Waals surface area contributed by atoms with Gasteiger partial charge in [-0.1, -0.05) is 6.92 Å². The van der Waals surface area contributed by atoms with Gasteiger partial charge in [0.1, 0.15) is 0 Å². The lowest BCUT2D eigenvalue weighted by Gasteiger charge is -2.39. The number of ether oxygens (including phenoxy) is 1. The SMILES string of the molecule is CC1OCCC1(C)NCC1(C)CCCNC1. The Morgan fingerprint density at radius 2 is 2.19 bits per heavy atom. The molecule has 0 radical (unpaired) electrons. The van der Waals surface area contributed by atoms with E-state index in [1.54, 1.807) is 0 Å². The van der Waals surface area contributed by atoms with Crippen molar-refractivity contribution in [1.29, 1.82) is 0 Å². The Bertz CT molecular complexity index is 238. The Morgan fingerprint density at radius 3 is 2.75 bits per heavy atom. The number of hydrogen-bond acceptors (Lipinski definition) is 3. The van der Waals surface area contributed by atoms with Crippen molar-refractivity contribution in [1.82, 2.24) is 10.6 Å². The van der Waals surface area contributed by atoms with Gasteiger partial charge < -0.3 is 15.4 Å². The van der Waals surface area contributed by atoms with Crippen LogP contribution in [0.1, 0.15) is 40.0 Å². The summed E-state index contributed by atoms with van der Waals surface area (Å²) in [4.78, 5) is 0. The van der Waals surface area contributed by atoms with Crippen molar-refractivity contribution in [3.8, 4) is 0 Å². The Kier molecular flexibility index (Phi) is 3.57. The molecule has 0 spiro atoms. The van der Waals surface area contributed by atoms with Crippen molar-refractivity contribution in [2.24, 2.45) is 5.41 Å². The molecule has 0 aromatic carbocycles. The van der Waals surface area contributed by atoms with Crippen LogP contribution < -0.4 is 10.6 Å². The summed E-state index contributed by atoms with van der Waals surface area (Å²) in [5.74, 6) is 0. The zero-order chi connectivity index (χ0) is 11.6. The molecule has 3 heteroatoms. The molecule has 2 fully saturated rings. The zero-order valence-electron chi connectivity index (χ0n) is 10.9. The summed E-state index contributed by atoms with van der Waals surface area (Å²) in [5, 5.41) is 7.26. The van der Waals surface area contributed by atoms with E-state index >= 15 is 0 Å². The summed E-state index contributed by atoms with van der Waals surface area (Å²) >= 11 is 0. The Labute approximate surface area is 99.3 Å². The van der Waals surface area contributed by atoms with Crippen LogP contribution >= 0.6 is 0 Å². The average Bonchev–Trinajstić information content (AvgIpc) is 2.59. The number of rotatable bonds is 3. The van der Waals surface area contributed by atoms with E-state index in [0.29, 0.717) is 11.5 Å². The largest absolute Gasteiger partial charge is 0.377 e. The first-order chi connectivity index (χ1) is 7.54. The van der Waals surface area contributed by atoms with Crippen LogP contribution in [-0.4, -0.2) is 37.9 Å². The van der Waals surface area contributed by atoms with Gasteiger partial charge in [-0.15, -0.1) is 0 Å². The van der Waals surface area contributed by atoms with Crippen molar-refractivity contribution >= 4 is 0 Å². The Hall–Kier alpha value is -0.120. The quantitative estimate of drug-likeness (QED) is 0.766. The Morgan fingerprint density at radius 1 is 1.38 bits per heavy atom. The van der Waals surface area contributed by atoms with Gasteiger partial charge >= 0.3 is 0 Å². The van der Waals surface area contributed by atoms with E-state index in [1.165, 1.54) is 19.4 Å². The first-order valence-electron chi connectivity index (χ1n) is 6.62. The van der Waals surface area contributed by atoms with Crippen LogP contribution in [0.25, 0.3) is 0 Å². The number of hydrogen-bond donors (Lipinski definition) is 2. The number of piperidine rings is 1. The molecule has 94 valence electrons. The van der Waals surface area contributed by atoms with Crippen molar-refractivity contribution in [2.75, 3.05) is 26.2 Å². The molecular formula is C13H26N2O. The van der Waals surface area contributed by atoms with Gasteiger partial charge in [0.2, 0.25) is 0 Å². The van der Waals surface area contributed by atoms with Crippen LogP contribution in [0.2, 0.25) is 0 Å². The molecule has 3 unspecified atom stereocenters. The first-order valence-corrected chi connectivity index (χ1v) is 6.62. The fraction of sp³-hybridized carbons (Fsp3) is 1.00. The highest BCUT2D eigenvalue weighted by Gasteiger charge is 2.38. The first kappa shape index (κ1) is 12.3. The average molecular weight is 226 g/mol. The molecule has 2 saturated heterocycles. The molecule has 0 aromatic rings. The van der Waals surface area contributed by atoms with Gasteiger partial charge in [0.15, 0.2) is 0 Å². The topological polar surface area (TPSA) is 33.3 Å². The minimum absolute atomic E-state index is 0.181. The summed E-state index contributed by atoms with van der Waals surface area (Å²) in [7, 11) is 0. The fourth-order valence-electron chi connectivity index (χ4n) is 2.75. The fourth-order valence-corrected chi connectivity index (χ4v) is 2.75. The highest BCUT2D eigenvalue weighted by atomic mass is 16.5. The smallest absolute Gasteiger partial charge is 0.0726 e. The Balaban J connectivity index is 1.86. The normalized spacial score (nSPS) is 44.8. The minimum Gasteiger partial charge on any atom is -0.377 e. The molecule has 2 N–H and O–H groups in total. The van der Waals surface area contributed by atoms with E-state index in [-0.39, 0.29) is 5.54 Å². The molecule has 2 aliphatic rings. The zero-order valence-corrected chi connectivity index (χ0v) is 10.9. The van der Waals surface area contributed by atoms with Gasteiger partial charge in [0.05, 0.1) is 6.10 Å². The van der Waals surface area contributed by atoms with Crippen LogP contribution in [0.4, 0.5) is 0 Å². The highest BCUT2D eigenvalue weighted by molar-refractivity contribution is 4.96. The maximum atomic E-state index is 5.66. The molecule has 0 aromatic heterocycles.